The fraction of sp³-hybridized carbons (Fsp3) is 0.667. The van der Waals surface area contributed by atoms with E-state index in [0.717, 1.165) is 18.2 Å². The summed E-state index contributed by atoms with van der Waals surface area (Å²) in [6, 6.07) is 6.91. The summed E-state index contributed by atoms with van der Waals surface area (Å²) in [5.41, 5.74) is 0. The van der Waals surface area contributed by atoms with E-state index >= 15 is 0 Å². The molecule has 0 unspecified atom stereocenters. The number of rotatable bonds is 4. The molecule has 1 heterocycles. The molecule has 18 heavy (non-hydrogen) atoms. The molecule has 3 heteroatoms. The van der Waals surface area contributed by atoms with Crippen molar-refractivity contribution in [3.8, 4) is 0 Å². The molecule has 100 valence electrons. The van der Waals surface area contributed by atoms with Gasteiger partial charge in [0, 0.05) is 19.6 Å². The number of anilines is 2. The Bertz CT molecular complexity index is 357. The van der Waals surface area contributed by atoms with Crippen LogP contribution in [-0.4, -0.2) is 24.6 Å². The van der Waals surface area contributed by atoms with E-state index in [0.29, 0.717) is 6.04 Å². The molecule has 1 aromatic rings. The zero-order valence-corrected chi connectivity index (χ0v) is 11.7. The van der Waals surface area contributed by atoms with Crippen LogP contribution in [-0.2, 0) is 0 Å². The van der Waals surface area contributed by atoms with E-state index < -0.39 is 0 Å². The predicted molar refractivity (Wildman–Crippen MR) is 78.3 cm³/mol. The summed E-state index contributed by atoms with van der Waals surface area (Å²) in [6.45, 7) is 3.02. The maximum atomic E-state index is 4.68. The van der Waals surface area contributed by atoms with Crippen LogP contribution >= 0.6 is 0 Å². The fourth-order valence-corrected chi connectivity index (χ4v) is 2.73. The molecule has 0 aromatic carbocycles. The first-order valence-corrected chi connectivity index (χ1v) is 7.25. The molecule has 3 nitrogen and oxygen atoms in total. The highest BCUT2D eigenvalue weighted by molar-refractivity contribution is 5.47. The van der Waals surface area contributed by atoms with Gasteiger partial charge in [-0.3, -0.25) is 0 Å². The van der Waals surface area contributed by atoms with Crippen LogP contribution in [0.4, 0.5) is 11.6 Å². The lowest BCUT2D eigenvalue weighted by molar-refractivity contribution is 0.549. The van der Waals surface area contributed by atoms with Gasteiger partial charge >= 0.3 is 0 Å². The zero-order chi connectivity index (χ0) is 12.8. The van der Waals surface area contributed by atoms with Gasteiger partial charge in [-0.1, -0.05) is 31.7 Å². The lowest BCUT2D eigenvalue weighted by atomic mass is 10.1. The molecule has 0 radical (unpaired) electrons. The highest BCUT2D eigenvalue weighted by atomic mass is 15.2. The summed E-state index contributed by atoms with van der Waals surface area (Å²) in [6.07, 6.45) is 8.14. The smallest absolute Gasteiger partial charge is 0.130 e. The SMILES string of the molecule is CCNc1cccc(N(C)C2CCCCCC2)n1. The van der Waals surface area contributed by atoms with Crippen molar-refractivity contribution in [3.63, 3.8) is 0 Å². The van der Waals surface area contributed by atoms with Crippen LogP contribution in [0.5, 0.6) is 0 Å². The van der Waals surface area contributed by atoms with E-state index in [-0.39, 0.29) is 0 Å². The van der Waals surface area contributed by atoms with E-state index in [1.807, 2.05) is 6.07 Å². The van der Waals surface area contributed by atoms with Crippen LogP contribution in [0.25, 0.3) is 0 Å². The molecule has 0 atom stereocenters. The molecular weight excluding hydrogens is 222 g/mol. The van der Waals surface area contributed by atoms with Crippen LogP contribution < -0.4 is 10.2 Å². The lowest BCUT2D eigenvalue weighted by Crippen LogP contribution is -2.31. The lowest BCUT2D eigenvalue weighted by Gasteiger charge is -2.28. The van der Waals surface area contributed by atoms with Crippen LogP contribution in [0.3, 0.4) is 0 Å². The molecule has 1 aliphatic carbocycles. The second kappa shape index (κ2) is 6.62. The van der Waals surface area contributed by atoms with E-state index in [1.54, 1.807) is 0 Å². The predicted octanol–water partition coefficient (Wildman–Crippen LogP) is 3.67. The van der Waals surface area contributed by atoms with Gasteiger partial charge in [0.2, 0.25) is 0 Å². The van der Waals surface area contributed by atoms with Crippen LogP contribution in [0.1, 0.15) is 45.4 Å². The van der Waals surface area contributed by atoms with E-state index in [1.165, 1.54) is 38.5 Å². The normalized spacial score (nSPS) is 17.2. The summed E-state index contributed by atoms with van der Waals surface area (Å²) in [7, 11) is 2.19. The minimum absolute atomic E-state index is 0.664. The highest BCUT2D eigenvalue weighted by Gasteiger charge is 2.18. The third kappa shape index (κ3) is 3.37. The number of hydrogen-bond donors (Lipinski definition) is 1. The van der Waals surface area contributed by atoms with Crippen molar-refractivity contribution < 1.29 is 0 Å². The average Bonchev–Trinajstić information content (AvgIpc) is 2.67. The second-order valence-electron chi connectivity index (χ2n) is 5.17. The summed E-state index contributed by atoms with van der Waals surface area (Å²) in [4.78, 5) is 7.05. The van der Waals surface area contributed by atoms with Gasteiger partial charge in [-0.25, -0.2) is 4.98 Å². The largest absolute Gasteiger partial charge is 0.370 e. The summed E-state index contributed by atoms with van der Waals surface area (Å²) >= 11 is 0. The van der Waals surface area contributed by atoms with E-state index in [9.17, 15) is 0 Å². The van der Waals surface area contributed by atoms with Crippen molar-refractivity contribution in [1.82, 2.24) is 4.98 Å². The van der Waals surface area contributed by atoms with Crippen molar-refractivity contribution in [3.05, 3.63) is 18.2 Å². The Morgan fingerprint density at radius 1 is 1.22 bits per heavy atom. The molecule has 0 spiro atoms. The Kier molecular flexibility index (Phi) is 4.85. The van der Waals surface area contributed by atoms with Crippen LogP contribution in [0, 0.1) is 0 Å². The van der Waals surface area contributed by atoms with Crippen molar-refractivity contribution in [2.75, 3.05) is 23.8 Å². The minimum Gasteiger partial charge on any atom is -0.370 e. The first-order valence-electron chi connectivity index (χ1n) is 7.25. The molecule has 0 bridgehead atoms. The third-order valence-corrected chi connectivity index (χ3v) is 3.83. The molecule has 1 N–H and O–H groups in total. The Balaban J connectivity index is 2.06. The molecule has 0 amide bonds. The van der Waals surface area contributed by atoms with Gasteiger partial charge in [0.05, 0.1) is 0 Å². The molecule has 2 rings (SSSR count). The van der Waals surface area contributed by atoms with Crippen molar-refractivity contribution >= 4 is 11.6 Å². The summed E-state index contributed by atoms with van der Waals surface area (Å²) in [5, 5.41) is 3.28. The van der Waals surface area contributed by atoms with Gasteiger partial charge in [-0.2, -0.15) is 0 Å². The Hall–Kier alpha value is -1.25. The average molecular weight is 247 g/mol. The molecule has 0 saturated heterocycles. The maximum absolute atomic E-state index is 4.68. The van der Waals surface area contributed by atoms with Gasteiger partial charge in [-0.05, 0) is 31.9 Å². The first-order chi connectivity index (χ1) is 8.81. The summed E-state index contributed by atoms with van der Waals surface area (Å²) in [5.74, 6) is 2.08. The fourth-order valence-electron chi connectivity index (χ4n) is 2.73. The van der Waals surface area contributed by atoms with Crippen molar-refractivity contribution in [2.24, 2.45) is 0 Å². The van der Waals surface area contributed by atoms with Gasteiger partial charge in [0.1, 0.15) is 11.6 Å². The van der Waals surface area contributed by atoms with Crippen LogP contribution in [0.2, 0.25) is 0 Å². The standard InChI is InChI=1S/C15H25N3/c1-3-16-14-11-8-12-15(17-14)18(2)13-9-6-4-5-7-10-13/h8,11-13H,3-7,9-10H2,1-2H3,(H,16,17). The number of hydrogen-bond acceptors (Lipinski definition) is 3. The Labute approximate surface area is 111 Å². The molecule has 1 fully saturated rings. The first kappa shape index (κ1) is 13.2. The Morgan fingerprint density at radius 2 is 1.94 bits per heavy atom. The van der Waals surface area contributed by atoms with Crippen LogP contribution in [0.15, 0.2) is 18.2 Å². The van der Waals surface area contributed by atoms with E-state index in [4.69, 9.17) is 0 Å². The quantitative estimate of drug-likeness (QED) is 0.823. The Morgan fingerprint density at radius 3 is 2.61 bits per heavy atom. The highest BCUT2D eigenvalue weighted by Crippen LogP contribution is 2.24. The van der Waals surface area contributed by atoms with Gasteiger partial charge in [0.25, 0.3) is 0 Å². The maximum Gasteiger partial charge on any atom is 0.130 e. The number of nitrogens with one attached hydrogen (secondary N) is 1. The molecular formula is C15H25N3. The van der Waals surface area contributed by atoms with Gasteiger partial charge in [0.15, 0.2) is 0 Å². The second-order valence-corrected chi connectivity index (χ2v) is 5.17. The molecule has 1 saturated carbocycles. The zero-order valence-electron chi connectivity index (χ0n) is 11.7. The monoisotopic (exact) mass is 247 g/mol. The number of pyridine rings is 1. The minimum atomic E-state index is 0.664. The van der Waals surface area contributed by atoms with Crippen molar-refractivity contribution in [1.29, 1.82) is 0 Å². The third-order valence-electron chi connectivity index (χ3n) is 3.83. The number of nitrogens with zero attached hydrogens (tertiary/aromatic N) is 2. The molecule has 0 aliphatic heterocycles. The number of aromatic nitrogens is 1. The van der Waals surface area contributed by atoms with Gasteiger partial charge < -0.3 is 10.2 Å². The topological polar surface area (TPSA) is 28.2 Å². The van der Waals surface area contributed by atoms with Gasteiger partial charge in [-0.15, -0.1) is 0 Å². The van der Waals surface area contributed by atoms with Crippen molar-refractivity contribution in [2.45, 2.75) is 51.5 Å². The summed E-state index contributed by atoms with van der Waals surface area (Å²) < 4.78 is 0. The van der Waals surface area contributed by atoms with E-state index in [2.05, 4.69) is 41.3 Å². The molecule has 1 aliphatic rings. The molecule has 1 aromatic heterocycles.